The third-order valence-electron chi connectivity index (χ3n) is 2.71. The topological polar surface area (TPSA) is 58.6 Å². The van der Waals surface area contributed by atoms with Gasteiger partial charge in [-0.05, 0) is 53.0 Å². The average Bonchev–Trinajstić information content (AvgIpc) is 2.23. The van der Waals surface area contributed by atoms with Crippen LogP contribution in [-0.4, -0.2) is 35.9 Å². The second-order valence-corrected chi connectivity index (χ2v) is 5.83. The maximum Gasteiger partial charge on any atom is 0.323 e. The molecule has 0 bridgehead atoms. The van der Waals surface area contributed by atoms with E-state index in [4.69, 9.17) is 9.84 Å². The van der Waals surface area contributed by atoms with E-state index in [0.29, 0.717) is 5.92 Å². The summed E-state index contributed by atoms with van der Waals surface area (Å²) in [6, 6.07) is -0.303. The Morgan fingerprint density at radius 2 is 1.94 bits per heavy atom. The molecule has 2 atom stereocenters. The Morgan fingerprint density at radius 1 is 1.33 bits per heavy atom. The molecule has 2 unspecified atom stereocenters. The van der Waals surface area contributed by atoms with Crippen molar-refractivity contribution in [1.29, 1.82) is 0 Å². The largest absolute Gasteiger partial charge is 0.459 e. The first-order valence-corrected chi connectivity index (χ1v) is 6.87. The summed E-state index contributed by atoms with van der Waals surface area (Å²) in [5, 5.41) is 12.2. The Labute approximate surface area is 111 Å². The summed E-state index contributed by atoms with van der Waals surface area (Å²) in [7, 11) is 0. The van der Waals surface area contributed by atoms with Crippen molar-refractivity contribution in [3.05, 3.63) is 0 Å². The molecule has 18 heavy (non-hydrogen) atoms. The number of carbonyl (C=O) groups is 1. The van der Waals surface area contributed by atoms with Gasteiger partial charge < -0.3 is 15.2 Å². The molecule has 0 spiro atoms. The minimum Gasteiger partial charge on any atom is -0.459 e. The van der Waals surface area contributed by atoms with Crippen molar-refractivity contribution < 1.29 is 14.6 Å². The fourth-order valence-corrected chi connectivity index (χ4v) is 1.76. The molecule has 0 aromatic rings. The molecule has 0 aromatic heterocycles. The molecule has 0 aliphatic carbocycles. The molecule has 0 radical (unpaired) electrons. The Morgan fingerprint density at radius 3 is 2.39 bits per heavy atom. The van der Waals surface area contributed by atoms with Crippen molar-refractivity contribution >= 4 is 5.97 Å². The zero-order chi connectivity index (χ0) is 14.2. The highest BCUT2D eigenvalue weighted by Gasteiger charge is 2.21. The summed E-state index contributed by atoms with van der Waals surface area (Å²) in [5.74, 6) is 0.201. The molecule has 2 N–H and O–H groups in total. The van der Waals surface area contributed by atoms with E-state index in [1.54, 1.807) is 0 Å². The molecule has 0 rings (SSSR count). The molecule has 0 aliphatic heterocycles. The molecule has 0 heterocycles. The highest BCUT2D eigenvalue weighted by molar-refractivity contribution is 5.75. The van der Waals surface area contributed by atoms with Gasteiger partial charge in [0, 0.05) is 6.61 Å². The fraction of sp³-hybridized carbons (Fsp3) is 0.929. The van der Waals surface area contributed by atoms with Crippen molar-refractivity contribution in [2.75, 3.05) is 13.2 Å². The first kappa shape index (κ1) is 17.4. The van der Waals surface area contributed by atoms with Crippen LogP contribution in [0.3, 0.4) is 0 Å². The standard InChI is InChI=1S/C14H29NO3/c1-6-7-12(8-9-16)10-15-11(2)13(17)18-14(3,4)5/h11-12,15-16H,6-10H2,1-5H3. The van der Waals surface area contributed by atoms with Gasteiger partial charge in [-0.1, -0.05) is 13.3 Å². The van der Waals surface area contributed by atoms with Crippen LogP contribution in [0.15, 0.2) is 0 Å². The first-order valence-electron chi connectivity index (χ1n) is 6.87. The van der Waals surface area contributed by atoms with E-state index in [9.17, 15) is 4.79 Å². The van der Waals surface area contributed by atoms with Crippen LogP contribution in [0.4, 0.5) is 0 Å². The first-order chi connectivity index (χ1) is 8.30. The number of rotatable bonds is 8. The van der Waals surface area contributed by atoms with E-state index < -0.39 is 5.60 Å². The second-order valence-electron chi connectivity index (χ2n) is 5.83. The SMILES string of the molecule is CCCC(CCO)CNC(C)C(=O)OC(C)(C)C. The summed E-state index contributed by atoms with van der Waals surface area (Å²) in [6.07, 6.45) is 2.93. The quantitative estimate of drug-likeness (QED) is 0.655. The van der Waals surface area contributed by atoms with Gasteiger partial charge in [0.1, 0.15) is 11.6 Å². The molecule has 4 nitrogen and oxygen atoms in total. The monoisotopic (exact) mass is 259 g/mol. The normalized spacial score (nSPS) is 15.2. The fourth-order valence-electron chi connectivity index (χ4n) is 1.76. The Bertz CT molecular complexity index is 230. The van der Waals surface area contributed by atoms with Crippen LogP contribution in [0.25, 0.3) is 0 Å². The minimum atomic E-state index is -0.444. The van der Waals surface area contributed by atoms with E-state index in [2.05, 4.69) is 12.2 Å². The highest BCUT2D eigenvalue weighted by Crippen LogP contribution is 2.11. The molecular formula is C14H29NO3. The smallest absolute Gasteiger partial charge is 0.323 e. The van der Waals surface area contributed by atoms with Gasteiger partial charge in [-0.3, -0.25) is 4.79 Å². The van der Waals surface area contributed by atoms with Crippen LogP contribution in [-0.2, 0) is 9.53 Å². The summed E-state index contributed by atoms with van der Waals surface area (Å²) >= 11 is 0. The lowest BCUT2D eigenvalue weighted by Gasteiger charge is -2.24. The predicted molar refractivity (Wildman–Crippen MR) is 73.4 cm³/mol. The summed E-state index contributed by atoms with van der Waals surface area (Å²) < 4.78 is 5.30. The van der Waals surface area contributed by atoms with Gasteiger partial charge >= 0.3 is 5.97 Å². The van der Waals surface area contributed by atoms with Crippen LogP contribution in [0.5, 0.6) is 0 Å². The molecule has 0 aromatic carbocycles. The third-order valence-corrected chi connectivity index (χ3v) is 2.71. The number of nitrogens with one attached hydrogen (secondary N) is 1. The molecule has 0 aliphatic rings. The Kier molecular flexibility index (Phi) is 8.20. The number of hydrogen-bond donors (Lipinski definition) is 2. The van der Waals surface area contributed by atoms with E-state index in [1.807, 2.05) is 27.7 Å². The minimum absolute atomic E-state index is 0.202. The lowest BCUT2D eigenvalue weighted by Crippen LogP contribution is -2.41. The van der Waals surface area contributed by atoms with Gasteiger partial charge in [0.05, 0.1) is 0 Å². The van der Waals surface area contributed by atoms with Crippen molar-refractivity contribution in [3.8, 4) is 0 Å². The summed E-state index contributed by atoms with van der Waals surface area (Å²) in [5.41, 5.74) is -0.444. The predicted octanol–water partition coefficient (Wildman–Crippen LogP) is 2.10. The van der Waals surface area contributed by atoms with E-state index in [-0.39, 0.29) is 18.6 Å². The van der Waals surface area contributed by atoms with Crippen LogP contribution in [0.1, 0.15) is 53.9 Å². The van der Waals surface area contributed by atoms with Gasteiger partial charge in [0.15, 0.2) is 0 Å². The van der Waals surface area contributed by atoms with Crippen molar-refractivity contribution in [1.82, 2.24) is 5.32 Å². The zero-order valence-electron chi connectivity index (χ0n) is 12.5. The molecular weight excluding hydrogens is 230 g/mol. The average molecular weight is 259 g/mol. The molecule has 0 amide bonds. The lowest BCUT2D eigenvalue weighted by atomic mass is 10.00. The molecule has 0 saturated heterocycles. The van der Waals surface area contributed by atoms with Gasteiger partial charge in [-0.15, -0.1) is 0 Å². The number of ether oxygens (including phenoxy) is 1. The van der Waals surface area contributed by atoms with Crippen LogP contribution in [0, 0.1) is 5.92 Å². The number of aliphatic hydroxyl groups is 1. The Hall–Kier alpha value is -0.610. The van der Waals surface area contributed by atoms with Crippen LogP contribution in [0.2, 0.25) is 0 Å². The van der Waals surface area contributed by atoms with Gasteiger partial charge in [-0.25, -0.2) is 0 Å². The van der Waals surface area contributed by atoms with Gasteiger partial charge in [0.2, 0.25) is 0 Å². The third kappa shape index (κ3) is 8.48. The van der Waals surface area contributed by atoms with Crippen LogP contribution >= 0.6 is 0 Å². The summed E-state index contributed by atoms with van der Waals surface area (Å²) in [6.45, 7) is 10.5. The molecule has 0 saturated carbocycles. The second kappa shape index (κ2) is 8.48. The van der Waals surface area contributed by atoms with Gasteiger partial charge in [-0.2, -0.15) is 0 Å². The van der Waals surface area contributed by atoms with E-state index in [0.717, 1.165) is 25.8 Å². The maximum atomic E-state index is 11.8. The number of hydrogen-bond acceptors (Lipinski definition) is 4. The highest BCUT2D eigenvalue weighted by atomic mass is 16.6. The summed E-state index contributed by atoms with van der Waals surface area (Å²) in [4.78, 5) is 11.8. The van der Waals surface area contributed by atoms with E-state index >= 15 is 0 Å². The number of carbonyl (C=O) groups excluding carboxylic acids is 1. The maximum absolute atomic E-state index is 11.8. The van der Waals surface area contributed by atoms with E-state index in [1.165, 1.54) is 0 Å². The molecule has 108 valence electrons. The Balaban J connectivity index is 4.06. The lowest BCUT2D eigenvalue weighted by molar-refractivity contribution is -0.157. The van der Waals surface area contributed by atoms with Crippen molar-refractivity contribution in [3.63, 3.8) is 0 Å². The zero-order valence-corrected chi connectivity index (χ0v) is 12.5. The number of esters is 1. The number of aliphatic hydroxyl groups excluding tert-OH is 1. The van der Waals surface area contributed by atoms with Crippen LogP contribution < -0.4 is 5.32 Å². The van der Waals surface area contributed by atoms with Gasteiger partial charge in [0.25, 0.3) is 0 Å². The van der Waals surface area contributed by atoms with Crippen molar-refractivity contribution in [2.45, 2.75) is 65.5 Å². The van der Waals surface area contributed by atoms with Crippen molar-refractivity contribution in [2.24, 2.45) is 5.92 Å². The molecule has 4 heteroatoms. The molecule has 0 fully saturated rings.